The minimum Gasteiger partial charge on any atom is -0.333 e. The molecule has 2 aliphatic heterocycles. The highest BCUT2D eigenvalue weighted by Gasteiger charge is 2.34. The van der Waals surface area contributed by atoms with Gasteiger partial charge in [0.05, 0.1) is 10.6 Å². The molecule has 0 radical (unpaired) electrons. The van der Waals surface area contributed by atoms with E-state index in [1.807, 2.05) is 19.1 Å². The van der Waals surface area contributed by atoms with Crippen molar-refractivity contribution in [2.24, 2.45) is 4.99 Å². The van der Waals surface area contributed by atoms with Crippen molar-refractivity contribution in [2.75, 3.05) is 37.7 Å². The Bertz CT molecular complexity index is 1230. The zero-order valence-electron chi connectivity index (χ0n) is 17.7. The lowest BCUT2D eigenvalue weighted by atomic mass is 10.2. The highest BCUT2D eigenvalue weighted by Crippen LogP contribution is 2.20. The first-order valence-electron chi connectivity index (χ1n) is 10.1. The Morgan fingerprint density at radius 1 is 1.00 bits per heavy atom. The summed E-state index contributed by atoms with van der Waals surface area (Å²) in [4.78, 5) is 30.3. The molecule has 2 aromatic rings. The number of nitrogens with zero attached hydrogens (tertiary/aromatic N) is 4. The summed E-state index contributed by atoms with van der Waals surface area (Å²) in [6.45, 7) is 1.80. The lowest BCUT2D eigenvalue weighted by Crippen LogP contribution is -2.59. The average molecular weight is 477 g/mol. The Morgan fingerprint density at radius 3 is 2.30 bits per heavy atom. The highest BCUT2D eigenvalue weighted by atomic mass is 32.2. The number of rotatable bonds is 4. The molecule has 1 saturated heterocycles. The van der Waals surface area contributed by atoms with Crippen molar-refractivity contribution in [3.63, 3.8) is 0 Å². The molecule has 2 aromatic carbocycles. The van der Waals surface area contributed by atoms with Gasteiger partial charge < -0.3 is 4.90 Å². The lowest BCUT2D eigenvalue weighted by Gasteiger charge is -2.35. The lowest BCUT2D eigenvalue weighted by molar-refractivity contribution is -0.125. The van der Waals surface area contributed by atoms with Crippen LogP contribution in [0.4, 0.5) is 14.5 Å². The Kier molecular flexibility index (Phi) is 6.13. The van der Waals surface area contributed by atoms with Crippen LogP contribution in [0.1, 0.15) is 5.56 Å². The number of amides is 2. The zero-order chi connectivity index (χ0) is 23.8. The maximum absolute atomic E-state index is 13.5. The van der Waals surface area contributed by atoms with Gasteiger partial charge in [-0.2, -0.15) is 4.31 Å². The number of aliphatic imine (C=N–C) groups is 1. The molecule has 9 nitrogen and oxygen atoms in total. The summed E-state index contributed by atoms with van der Waals surface area (Å²) in [6.07, 6.45) is 0. The number of carbonyl (C=O) groups excluding carboxylic acids is 2. The Labute approximate surface area is 189 Å². The third-order valence-electron chi connectivity index (χ3n) is 5.39. The van der Waals surface area contributed by atoms with Crippen molar-refractivity contribution < 1.29 is 26.8 Å². The number of halogens is 2. The van der Waals surface area contributed by atoms with E-state index in [1.165, 1.54) is 9.91 Å². The van der Waals surface area contributed by atoms with Crippen LogP contribution < -0.4 is 10.4 Å². The molecule has 12 heteroatoms. The summed E-state index contributed by atoms with van der Waals surface area (Å²) in [5.41, 5.74) is 4.33. The molecule has 2 amide bonds. The predicted octanol–water partition coefficient (Wildman–Crippen LogP) is 1.06. The molecule has 0 unspecified atom stereocenters. The van der Waals surface area contributed by atoms with Crippen LogP contribution in [-0.2, 0) is 19.6 Å². The van der Waals surface area contributed by atoms with Crippen molar-refractivity contribution >= 4 is 33.4 Å². The molecule has 2 aliphatic rings. The van der Waals surface area contributed by atoms with E-state index in [0.29, 0.717) is 11.8 Å². The zero-order valence-corrected chi connectivity index (χ0v) is 18.5. The highest BCUT2D eigenvalue weighted by molar-refractivity contribution is 7.89. The fourth-order valence-electron chi connectivity index (χ4n) is 3.51. The van der Waals surface area contributed by atoms with Crippen LogP contribution in [0.5, 0.6) is 0 Å². The maximum atomic E-state index is 13.5. The number of hydrazine groups is 1. The number of hydrogen-bond donors (Lipinski definition) is 1. The normalized spacial score (nSPS) is 17.5. The van der Waals surface area contributed by atoms with Gasteiger partial charge in [0, 0.05) is 26.2 Å². The van der Waals surface area contributed by atoms with Crippen LogP contribution in [0.2, 0.25) is 0 Å². The van der Waals surface area contributed by atoms with Gasteiger partial charge in [0.1, 0.15) is 6.54 Å². The van der Waals surface area contributed by atoms with E-state index in [1.54, 1.807) is 12.1 Å². The van der Waals surface area contributed by atoms with Crippen molar-refractivity contribution in [3.8, 4) is 0 Å². The van der Waals surface area contributed by atoms with Crippen molar-refractivity contribution in [2.45, 2.75) is 11.8 Å². The molecule has 1 fully saturated rings. The Morgan fingerprint density at radius 2 is 1.67 bits per heavy atom. The quantitative estimate of drug-likeness (QED) is 0.710. The van der Waals surface area contributed by atoms with Gasteiger partial charge in [-0.25, -0.2) is 22.2 Å². The molecular formula is C21H21F2N5O4S. The SMILES string of the molecule is Cc1ccc(N2NC(C(=O)N3CCN(S(=O)(=O)c4ccc(F)c(F)c4)CC3)=NCC2=O)cc1. The van der Waals surface area contributed by atoms with Crippen LogP contribution in [0.3, 0.4) is 0 Å². The van der Waals surface area contributed by atoms with E-state index in [2.05, 4.69) is 10.4 Å². The molecule has 2 heterocycles. The number of anilines is 1. The molecule has 0 aliphatic carbocycles. The van der Waals surface area contributed by atoms with Gasteiger partial charge in [-0.05, 0) is 37.3 Å². The van der Waals surface area contributed by atoms with Gasteiger partial charge in [0.15, 0.2) is 11.6 Å². The van der Waals surface area contributed by atoms with Gasteiger partial charge in [-0.3, -0.25) is 20.0 Å². The summed E-state index contributed by atoms with van der Waals surface area (Å²) in [7, 11) is -4.04. The molecule has 0 saturated carbocycles. The summed E-state index contributed by atoms with van der Waals surface area (Å²) < 4.78 is 53.2. The van der Waals surface area contributed by atoms with Crippen molar-refractivity contribution in [1.29, 1.82) is 0 Å². The maximum Gasteiger partial charge on any atom is 0.290 e. The number of hydrogen-bond acceptors (Lipinski definition) is 6. The molecule has 0 aromatic heterocycles. The van der Waals surface area contributed by atoms with Gasteiger partial charge >= 0.3 is 0 Å². The molecule has 4 rings (SSSR count). The van der Waals surface area contributed by atoms with E-state index in [9.17, 15) is 26.8 Å². The molecule has 0 spiro atoms. The number of nitrogens with one attached hydrogen (secondary N) is 1. The van der Waals surface area contributed by atoms with Gasteiger partial charge in [-0.1, -0.05) is 17.7 Å². The summed E-state index contributed by atoms with van der Waals surface area (Å²) >= 11 is 0. The molecule has 1 N–H and O–H groups in total. The minimum atomic E-state index is -4.04. The second-order valence-electron chi connectivity index (χ2n) is 7.61. The molecule has 33 heavy (non-hydrogen) atoms. The van der Waals surface area contributed by atoms with Crippen LogP contribution in [-0.4, -0.2) is 68.0 Å². The molecule has 0 atom stereocenters. The number of sulfonamides is 1. The first kappa shape index (κ1) is 22.8. The second-order valence-corrected chi connectivity index (χ2v) is 9.55. The molecular weight excluding hydrogens is 456 g/mol. The average Bonchev–Trinajstić information content (AvgIpc) is 2.81. The summed E-state index contributed by atoms with van der Waals surface area (Å²) in [5, 5.41) is 1.25. The van der Waals surface area contributed by atoms with E-state index in [-0.39, 0.29) is 49.4 Å². The smallest absolute Gasteiger partial charge is 0.290 e. The number of carbonyl (C=O) groups is 2. The van der Waals surface area contributed by atoms with E-state index >= 15 is 0 Å². The molecule has 174 valence electrons. The van der Waals surface area contributed by atoms with E-state index in [4.69, 9.17) is 0 Å². The number of amidine groups is 1. The third-order valence-corrected chi connectivity index (χ3v) is 7.28. The Balaban J connectivity index is 1.42. The summed E-state index contributed by atoms with van der Waals surface area (Å²) in [6, 6.07) is 9.57. The van der Waals surface area contributed by atoms with Crippen molar-refractivity contribution in [3.05, 3.63) is 59.7 Å². The first-order valence-corrected chi connectivity index (χ1v) is 11.6. The molecule has 0 bridgehead atoms. The number of piperazine rings is 1. The largest absolute Gasteiger partial charge is 0.333 e. The van der Waals surface area contributed by atoms with Crippen LogP contribution in [0.25, 0.3) is 0 Å². The Hall–Kier alpha value is -3.38. The standard InChI is InChI=1S/C21H21F2N5O4S/c1-14-2-4-15(5-3-14)28-19(29)13-24-20(25-28)21(30)26-8-10-27(11-9-26)33(31,32)16-6-7-17(22)18(23)12-16/h2-7,12H,8-11,13H2,1H3,(H,24,25). The van der Waals surface area contributed by atoms with Crippen LogP contribution >= 0.6 is 0 Å². The van der Waals surface area contributed by atoms with E-state index < -0.39 is 27.6 Å². The summed E-state index contributed by atoms with van der Waals surface area (Å²) in [5.74, 6) is -3.20. The van der Waals surface area contributed by atoms with Gasteiger partial charge in [0.2, 0.25) is 15.9 Å². The fourth-order valence-corrected chi connectivity index (χ4v) is 4.94. The van der Waals surface area contributed by atoms with Gasteiger partial charge in [-0.15, -0.1) is 0 Å². The third kappa shape index (κ3) is 4.57. The topological polar surface area (TPSA) is 102 Å². The number of benzene rings is 2. The fraction of sp³-hybridized carbons (Fsp3) is 0.286. The number of aryl methyl sites for hydroxylation is 1. The minimum absolute atomic E-state index is 0.0212. The second kappa shape index (κ2) is 8.87. The van der Waals surface area contributed by atoms with Gasteiger partial charge in [0.25, 0.3) is 11.8 Å². The monoisotopic (exact) mass is 477 g/mol. The van der Waals surface area contributed by atoms with E-state index in [0.717, 1.165) is 22.0 Å². The van der Waals surface area contributed by atoms with Crippen LogP contribution in [0.15, 0.2) is 52.4 Å². The van der Waals surface area contributed by atoms with Crippen LogP contribution in [0, 0.1) is 18.6 Å². The first-order chi connectivity index (χ1) is 15.7. The van der Waals surface area contributed by atoms with Crippen molar-refractivity contribution in [1.82, 2.24) is 14.6 Å². The predicted molar refractivity (Wildman–Crippen MR) is 116 cm³/mol.